The molecule has 1 aromatic heterocycles. The summed E-state index contributed by atoms with van der Waals surface area (Å²) in [6.07, 6.45) is 1.83. The van der Waals surface area contributed by atoms with Gasteiger partial charge in [-0.05, 0) is 35.7 Å². The Bertz CT molecular complexity index is 1290. The minimum absolute atomic E-state index is 0.0218. The van der Waals surface area contributed by atoms with Crippen molar-refractivity contribution in [2.45, 2.75) is 25.2 Å². The molecule has 2 heterocycles. The molecule has 1 atom stereocenters. The quantitative estimate of drug-likeness (QED) is 0.535. The second kappa shape index (κ2) is 7.19. The van der Waals surface area contributed by atoms with Crippen molar-refractivity contribution in [3.63, 3.8) is 0 Å². The first-order chi connectivity index (χ1) is 14.6. The van der Waals surface area contributed by atoms with Crippen molar-refractivity contribution < 1.29 is 9.53 Å². The number of aromatic amines is 1. The minimum atomic E-state index is -0.554. The molecule has 0 radical (unpaired) electrons. The number of para-hydroxylation sites is 1. The number of benzene rings is 2. The van der Waals surface area contributed by atoms with E-state index in [0.717, 1.165) is 38.6 Å². The number of H-pyrrole nitrogens is 1. The molecule has 3 aromatic rings. The number of nitrogens with zero attached hydrogens (tertiary/aromatic N) is 1. The number of nitrogens with two attached hydrogens (primary N) is 1. The van der Waals surface area contributed by atoms with E-state index < -0.39 is 5.92 Å². The van der Waals surface area contributed by atoms with Crippen LogP contribution in [0.5, 0.6) is 0 Å². The number of aromatic nitrogens is 1. The van der Waals surface area contributed by atoms with E-state index in [9.17, 15) is 10.1 Å². The maximum absolute atomic E-state index is 13.0. The molecule has 0 bridgehead atoms. The highest BCUT2D eigenvalue weighted by Gasteiger charge is 2.40. The molecule has 148 valence electrons. The molecule has 30 heavy (non-hydrogen) atoms. The highest BCUT2D eigenvalue weighted by Crippen LogP contribution is 2.48. The maximum Gasteiger partial charge on any atom is 0.205 e. The second-order valence-electron chi connectivity index (χ2n) is 7.50. The lowest BCUT2D eigenvalue weighted by molar-refractivity contribution is -0.116. The molecule has 5 nitrogen and oxygen atoms in total. The van der Waals surface area contributed by atoms with Crippen LogP contribution in [0, 0.1) is 11.3 Å². The normalized spacial score (nSPS) is 18.9. The summed E-state index contributed by atoms with van der Waals surface area (Å²) in [5.74, 6) is 0.151. The standard InChI is InChI=1S/C24H18BrN3O2/c25-14-10-8-13(9-11-14)23-21(15-4-1-2-5-17(15)28-23)20-16(12-26)24(27)30-19-7-3-6-18(29)22(19)20/h1-2,4-5,8-11,20,28H,3,6-7,27H2. The van der Waals surface area contributed by atoms with Crippen molar-refractivity contribution >= 4 is 32.6 Å². The summed E-state index contributed by atoms with van der Waals surface area (Å²) in [4.78, 5) is 16.5. The van der Waals surface area contributed by atoms with Crippen LogP contribution in [0.1, 0.15) is 30.7 Å². The Labute approximate surface area is 182 Å². The van der Waals surface area contributed by atoms with Crippen LogP contribution in [0.25, 0.3) is 22.2 Å². The molecular formula is C24H18BrN3O2. The van der Waals surface area contributed by atoms with Crippen LogP contribution >= 0.6 is 15.9 Å². The lowest BCUT2D eigenvalue weighted by Gasteiger charge is -2.31. The Balaban J connectivity index is 1.84. The van der Waals surface area contributed by atoms with Crippen LogP contribution in [0.4, 0.5) is 0 Å². The zero-order valence-electron chi connectivity index (χ0n) is 16.0. The maximum atomic E-state index is 13.0. The summed E-state index contributed by atoms with van der Waals surface area (Å²) in [7, 11) is 0. The van der Waals surface area contributed by atoms with E-state index in [1.165, 1.54) is 0 Å². The first kappa shape index (κ1) is 18.7. The largest absolute Gasteiger partial charge is 0.444 e. The van der Waals surface area contributed by atoms with Gasteiger partial charge in [-0.2, -0.15) is 5.26 Å². The number of nitriles is 1. The number of allylic oxidation sites excluding steroid dienone is 3. The molecule has 3 N–H and O–H groups in total. The van der Waals surface area contributed by atoms with Crippen LogP contribution in [0.15, 0.2) is 75.8 Å². The molecule has 2 aliphatic rings. The summed E-state index contributed by atoms with van der Waals surface area (Å²) in [5.41, 5.74) is 10.7. The van der Waals surface area contributed by atoms with Crippen molar-refractivity contribution in [2.75, 3.05) is 0 Å². The van der Waals surface area contributed by atoms with Crippen molar-refractivity contribution in [1.29, 1.82) is 5.26 Å². The molecule has 5 rings (SSSR count). The number of rotatable bonds is 2. The van der Waals surface area contributed by atoms with Gasteiger partial charge in [0, 0.05) is 33.8 Å². The second-order valence-corrected chi connectivity index (χ2v) is 8.42. The molecule has 1 aliphatic carbocycles. The molecule has 0 saturated carbocycles. The van der Waals surface area contributed by atoms with Crippen LogP contribution in [-0.2, 0) is 9.53 Å². The Morgan fingerprint density at radius 1 is 1.13 bits per heavy atom. The van der Waals surface area contributed by atoms with Crippen molar-refractivity contribution in [2.24, 2.45) is 5.73 Å². The number of Topliss-reactive ketones (excluding diaryl/α,β-unsaturated/α-hetero) is 1. The first-order valence-corrected chi connectivity index (χ1v) is 10.6. The average Bonchev–Trinajstić information content (AvgIpc) is 3.12. The number of fused-ring (bicyclic) bond motifs is 1. The topological polar surface area (TPSA) is 91.9 Å². The Morgan fingerprint density at radius 2 is 1.90 bits per heavy atom. The third-order valence-electron chi connectivity index (χ3n) is 5.77. The van der Waals surface area contributed by atoms with Gasteiger partial charge < -0.3 is 15.5 Å². The predicted octanol–water partition coefficient (Wildman–Crippen LogP) is 5.41. The molecule has 6 heteroatoms. The number of carbonyl (C=O) groups excluding carboxylic acids is 1. The van der Waals surface area contributed by atoms with Gasteiger partial charge in [-0.15, -0.1) is 0 Å². The van der Waals surface area contributed by atoms with Crippen LogP contribution < -0.4 is 5.73 Å². The number of halogens is 1. The summed E-state index contributed by atoms with van der Waals surface area (Å²) >= 11 is 3.48. The fourth-order valence-corrected chi connectivity index (χ4v) is 4.72. The van der Waals surface area contributed by atoms with Crippen LogP contribution in [0.3, 0.4) is 0 Å². The number of nitrogens with one attached hydrogen (secondary N) is 1. The third-order valence-corrected chi connectivity index (χ3v) is 6.30. The fraction of sp³-hybridized carbons (Fsp3) is 0.167. The summed E-state index contributed by atoms with van der Waals surface area (Å²) in [5, 5.41) is 10.9. The Morgan fingerprint density at radius 3 is 2.67 bits per heavy atom. The number of hydrogen-bond acceptors (Lipinski definition) is 4. The summed E-state index contributed by atoms with van der Waals surface area (Å²) in [6.45, 7) is 0. The molecule has 1 aliphatic heterocycles. The number of carbonyl (C=O) groups is 1. The lowest BCUT2D eigenvalue weighted by atomic mass is 9.76. The van der Waals surface area contributed by atoms with Crippen molar-refractivity contribution in [3.8, 4) is 17.3 Å². The van der Waals surface area contributed by atoms with E-state index in [-0.39, 0.29) is 17.2 Å². The molecule has 0 fully saturated rings. The Kier molecular flexibility index (Phi) is 4.48. The van der Waals surface area contributed by atoms with Crippen molar-refractivity contribution in [1.82, 2.24) is 4.98 Å². The van der Waals surface area contributed by atoms with Gasteiger partial charge in [-0.25, -0.2) is 0 Å². The molecule has 0 saturated heterocycles. The van der Waals surface area contributed by atoms with Gasteiger partial charge in [0.15, 0.2) is 5.78 Å². The van der Waals surface area contributed by atoms with Gasteiger partial charge in [0.2, 0.25) is 5.88 Å². The van der Waals surface area contributed by atoms with E-state index in [4.69, 9.17) is 10.5 Å². The van der Waals surface area contributed by atoms with E-state index >= 15 is 0 Å². The zero-order chi connectivity index (χ0) is 20.8. The van der Waals surface area contributed by atoms with E-state index in [2.05, 4.69) is 27.0 Å². The van der Waals surface area contributed by atoms with Gasteiger partial charge in [-0.1, -0.05) is 46.3 Å². The molecule has 2 aromatic carbocycles. The van der Waals surface area contributed by atoms with Gasteiger partial charge in [0.25, 0.3) is 0 Å². The molecule has 0 amide bonds. The molecule has 1 unspecified atom stereocenters. The smallest absolute Gasteiger partial charge is 0.205 e. The van der Waals surface area contributed by atoms with Gasteiger partial charge in [0.05, 0.1) is 11.6 Å². The van der Waals surface area contributed by atoms with Crippen LogP contribution in [-0.4, -0.2) is 10.8 Å². The molecule has 0 spiro atoms. The summed E-state index contributed by atoms with van der Waals surface area (Å²) < 4.78 is 6.72. The summed E-state index contributed by atoms with van der Waals surface area (Å²) in [6, 6.07) is 18.1. The predicted molar refractivity (Wildman–Crippen MR) is 118 cm³/mol. The highest BCUT2D eigenvalue weighted by molar-refractivity contribution is 9.10. The van der Waals surface area contributed by atoms with E-state index in [1.54, 1.807) is 0 Å². The lowest BCUT2D eigenvalue weighted by Crippen LogP contribution is -2.27. The van der Waals surface area contributed by atoms with E-state index in [1.807, 2.05) is 48.5 Å². The Hall–Kier alpha value is -3.30. The van der Waals surface area contributed by atoms with Crippen molar-refractivity contribution in [3.05, 3.63) is 81.4 Å². The molecular weight excluding hydrogens is 442 g/mol. The first-order valence-electron chi connectivity index (χ1n) is 9.79. The van der Waals surface area contributed by atoms with Crippen LogP contribution in [0.2, 0.25) is 0 Å². The van der Waals surface area contributed by atoms with Gasteiger partial charge in [0.1, 0.15) is 17.4 Å². The number of ketones is 1. The SMILES string of the molecule is N#CC1=C(N)OC2=C(C(=O)CCC2)C1c1c(-c2ccc(Br)cc2)[nH]c2ccccc12. The van der Waals surface area contributed by atoms with Gasteiger partial charge >= 0.3 is 0 Å². The average molecular weight is 460 g/mol. The number of ether oxygens (including phenoxy) is 1. The minimum Gasteiger partial charge on any atom is -0.444 e. The van der Waals surface area contributed by atoms with Gasteiger partial charge in [-0.3, -0.25) is 4.79 Å². The highest BCUT2D eigenvalue weighted by atomic mass is 79.9. The van der Waals surface area contributed by atoms with E-state index in [0.29, 0.717) is 24.2 Å². The fourth-order valence-electron chi connectivity index (χ4n) is 4.45. The monoisotopic (exact) mass is 459 g/mol. The zero-order valence-corrected chi connectivity index (χ0v) is 17.6. The third kappa shape index (κ3) is 2.86. The number of hydrogen-bond donors (Lipinski definition) is 2.